The van der Waals surface area contributed by atoms with Gasteiger partial charge >= 0.3 is 0 Å². The molecule has 0 unspecified atom stereocenters. The van der Waals surface area contributed by atoms with Crippen LogP contribution in [-0.4, -0.2) is 59.2 Å². The first-order valence-corrected chi connectivity index (χ1v) is 7.73. The molecule has 0 bridgehead atoms. The summed E-state index contributed by atoms with van der Waals surface area (Å²) >= 11 is 12.5. The maximum atomic E-state index is 9.01. The molecule has 20 heavy (non-hydrogen) atoms. The van der Waals surface area contributed by atoms with Gasteiger partial charge in [-0.2, -0.15) is 0 Å². The van der Waals surface area contributed by atoms with Crippen LogP contribution in [0.2, 0.25) is 10.2 Å². The zero-order chi connectivity index (χ0) is 14.5. The van der Waals surface area contributed by atoms with Crippen LogP contribution >= 0.6 is 23.2 Å². The zero-order valence-electron chi connectivity index (χ0n) is 11.8. The van der Waals surface area contributed by atoms with E-state index in [0.717, 1.165) is 56.9 Å². The zero-order valence-corrected chi connectivity index (χ0v) is 13.3. The van der Waals surface area contributed by atoms with E-state index in [1.54, 1.807) is 0 Å². The number of hydrogen-bond donors (Lipinski definition) is 1. The average Bonchev–Trinajstić information content (AvgIpc) is 2.60. The van der Waals surface area contributed by atoms with Gasteiger partial charge in [-0.25, -0.2) is 4.98 Å². The molecule has 0 aliphatic carbocycles. The summed E-state index contributed by atoms with van der Waals surface area (Å²) in [6, 6.07) is 1.86. The minimum Gasteiger partial charge on any atom is -0.395 e. The van der Waals surface area contributed by atoms with Crippen LogP contribution in [0.25, 0.3) is 0 Å². The highest BCUT2D eigenvalue weighted by Gasteiger charge is 2.17. The van der Waals surface area contributed by atoms with Crippen LogP contribution in [0.5, 0.6) is 0 Å². The summed E-state index contributed by atoms with van der Waals surface area (Å²) in [5.41, 5.74) is 1.75. The molecule has 112 valence electrons. The minimum absolute atomic E-state index is 0.222. The third kappa shape index (κ3) is 4.30. The van der Waals surface area contributed by atoms with Crippen molar-refractivity contribution >= 4 is 23.2 Å². The fraction of sp³-hybridized carbons (Fsp3) is 0.643. The van der Waals surface area contributed by atoms with E-state index in [4.69, 9.17) is 28.3 Å². The molecule has 0 aromatic carbocycles. The van der Waals surface area contributed by atoms with Crippen LogP contribution in [-0.2, 0) is 6.54 Å². The molecule has 1 aliphatic heterocycles. The molecule has 1 saturated heterocycles. The van der Waals surface area contributed by atoms with Crippen molar-refractivity contribution < 1.29 is 5.11 Å². The molecule has 0 saturated carbocycles. The molecule has 2 rings (SSSR count). The molecule has 0 radical (unpaired) electrons. The minimum atomic E-state index is 0.222. The molecule has 1 aliphatic rings. The molecule has 1 N–H and O–H groups in total. The first-order chi connectivity index (χ1) is 9.60. The molecule has 2 heterocycles. The van der Waals surface area contributed by atoms with Gasteiger partial charge in [0.25, 0.3) is 0 Å². The Bertz CT molecular complexity index is 433. The van der Waals surface area contributed by atoms with Crippen molar-refractivity contribution in [1.29, 1.82) is 0 Å². The lowest BCUT2D eigenvalue weighted by atomic mass is 10.2. The topological polar surface area (TPSA) is 39.6 Å². The number of β-amino-alcohol motifs (C(OH)–C–C–N with tert-alkyl or cyclic N) is 1. The Labute approximate surface area is 130 Å². The molecule has 1 fully saturated rings. The fourth-order valence-electron chi connectivity index (χ4n) is 2.54. The van der Waals surface area contributed by atoms with Crippen molar-refractivity contribution in [2.24, 2.45) is 0 Å². The maximum Gasteiger partial charge on any atom is 0.135 e. The molecule has 0 amide bonds. The van der Waals surface area contributed by atoms with E-state index in [0.29, 0.717) is 10.2 Å². The van der Waals surface area contributed by atoms with E-state index in [1.165, 1.54) is 0 Å². The number of rotatable bonds is 4. The Hall–Kier alpha value is -0.390. The number of halogens is 2. The largest absolute Gasteiger partial charge is 0.395 e. The van der Waals surface area contributed by atoms with Crippen LogP contribution < -0.4 is 0 Å². The third-order valence-electron chi connectivity index (χ3n) is 3.63. The highest BCUT2D eigenvalue weighted by Crippen LogP contribution is 2.25. The van der Waals surface area contributed by atoms with E-state index in [-0.39, 0.29) is 6.61 Å². The summed E-state index contributed by atoms with van der Waals surface area (Å²) in [6.45, 7) is 7.57. The summed E-state index contributed by atoms with van der Waals surface area (Å²) < 4.78 is 0. The van der Waals surface area contributed by atoms with Gasteiger partial charge in [-0.05, 0) is 32.5 Å². The Kier molecular flexibility index (Phi) is 6.05. The Balaban J connectivity index is 2.00. The van der Waals surface area contributed by atoms with Gasteiger partial charge in [-0.15, -0.1) is 0 Å². The van der Waals surface area contributed by atoms with Crippen LogP contribution in [0.15, 0.2) is 6.07 Å². The Morgan fingerprint density at radius 2 is 1.90 bits per heavy atom. The predicted molar refractivity (Wildman–Crippen MR) is 82.4 cm³/mol. The van der Waals surface area contributed by atoms with Gasteiger partial charge < -0.3 is 5.11 Å². The number of aliphatic hydroxyl groups is 1. The number of aromatic nitrogens is 1. The van der Waals surface area contributed by atoms with Gasteiger partial charge in [0.2, 0.25) is 0 Å². The lowest BCUT2D eigenvalue weighted by Crippen LogP contribution is -2.32. The molecule has 1 aromatic rings. The van der Waals surface area contributed by atoms with E-state index < -0.39 is 0 Å². The number of aryl methyl sites for hydroxylation is 1. The summed E-state index contributed by atoms with van der Waals surface area (Å²) in [4.78, 5) is 8.92. The fourth-order valence-corrected chi connectivity index (χ4v) is 3.19. The summed E-state index contributed by atoms with van der Waals surface area (Å²) in [6.07, 6.45) is 1.09. The average molecular weight is 318 g/mol. The molecular weight excluding hydrogens is 297 g/mol. The first-order valence-electron chi connectivity index (χ1n) is 6.97. The SMILES string of the molecule is Cc1cc(Cl)c(CN2CCCN(CCO)CC2)c(Cl)n1. The smallest absolute Gasteiger partial charge is 0.135 e. The van der Waals surface area contributed by atoms with E-state index in [1.807, 2.05) is 13.0 Å². The number of pyridine rings is 1. The van der Waals surface area contributed by atoms with E-state index >= 15 is 0 Å². The molecule has 4 nitrogen and oxygen atoms in total. The summed E-state index contributed by atoms with van der Waals surface area (Å²) in [5.74, 6) is 0. The van der Waals surface area contributed by atoms with Gasteiger partial charge in [-0.3, -0.25) is 9.80 Å². The normalized spacial score (nSPS) is 18.2. The van der Waals surface area contributed by atoms with Crippen molar-refractivity contribution in [3.05, 3.63) is 27.5 Å². The highest BCUT2D eigenvalue weighted by atomic mass is 35.5. The lowest BCUT2D eigenvalue weighted by molar-refractivity contribution is 0.196. The molecule has 1 aromatic heterocycles. The molecule has 0 atom stereocenters. The van der Waals surface area contributed by atoms with Crippen molar-refractivity contribution in [3.63, 3.8) is 0 Å². The Morgan fingerprint density at radius 3 is 2.60 bits per heavy atom. The molecular formula is C14H21Cl2N3O. The predicted octanol–water partition coefficient (Wildman–Crippen LogP) is 2.20. The second-order valence-electron chi connectivity index (χ2n) is 5.21. The third-order valence-corrected chi connectivity index (χ3v) is 4.28. The Morgan fingerprint density at radius 1 is 1.20 bits per heavy atom. The lowest BCUT2D eigenvalue weighted by Gasteiger charge is -2.22. The number of aliphatic hydroxyl groups excluding tert-OH is 1. The van der Waals surface area contributed by atoms with Crippen LogP contribution in [0.3, 0.4) is 0 Å². The van der Waals surface area contributed by atoms with E-state index in [2.05, 4.69) is 14.8 Å². The molecule has 0 spiro atoms. The quantitative estimate of drug-likeness (QED) is 0.864. The van der Waals surface area contributed by atoms with Gasteiger partial charge in [0.1, 0.15) is 5.15 Å². The van der Waals surface area contributed by atoms with Crippen LogP contribution in [0, 0.1) is 6.92 Å². The highest BCUT2D eigenvalue weighted by molar-refractivity contribution is 6.35. The van der Waals surface area contributed by atoms with Crippen molar-refractivity contribution in [2.75, 3.05) is 39.3 Å². The summed E-state index contributed by atoms with van der Waals surface area (Å²) in [5, 5.41) is 10.2. The monoisotopic (exact) mass is 317 g/mol. The van der Waals surface area contributed by atoms with Gasteiger partial charge in [0.05, 0.1) is 6.61 Å². The van der Waals surface area contributed by atoms with E-state index in [9.17, 15) is 0 Å². The second kappa shape index (κ2) is 7.57. The maximum absolute atomic E-state index is 9.01. The van der Waals surface area contributed by atoms with Crippen molar-refractivity contribution in [3.8, 4) is 0 Å². The van der Waals surface area contributed by atoms with Crippen LogP contribution in [0.1, 0.15) is 17.7 Å². The number of hydrogen-bond acceptors (Lipinski definition) is 4. The standard InChI is InChI=1S/C14H21Cl2N3O/c1-11-9-13(15)12(14(16)17-11)10-19-4-2-3-18(5-6-19)7-8-20/h9,20H,2-8,10H2,1H3. The number of nitrogens with zero attached hydrogens (tertiary/aromatic N) is 3. The molecule has 6 heteroatoms. The van der Waals surface area contributed by atoms with Crippen LogP contribution in [0.4, 0.5) is 0 Å². The summed E-state index contributed by atoms with van der Waals surface area (Å²) in [7, 11) is 0. The second-order valence-corrected chi connectivity index (χ2v) is 5.97. The van der Waals surface area contributed by atoms with Gasteiger partial charge in [0, 0.05) is 42.5 Å². The van der Waals surface area contributed by atoms with Crippen molar-refractivity contribution in [1.82, 2.24) is 14.8 Å². The van der Waals surface area contributed by atoms with Gasteiger partial charge in [-0.1, -0.05) is 23.2 Å². The van der Waals surface area contributed by atoms with Gasteiger partial charge in [0.15, 0.2) is 0 Å². The first kappa shape index (κ1) is 16.0. The van der Waals surface area contributed by atoms with Crippen molar-refractivity contribution in [2.45, 2.75) is 19.9 Å².